The molecule has 1 aromatic carbocycles. The van der Waals surface area contributed by atoms with Crippen LogP contribution in [0.5, 0.6) is 0 Å². The first-order chi connectivity index (χ1) is 12.1. The number of pyridine rings is 1. The van der Waals surface area contributed by atoms with E-state index in [1.807, 2.05) is 37.3 Å². The Morgan fingerprint density at radius 2 is 2.08 bits per heavy atom. The normalized spacial score (nSPS) is 13.7. The molecule has 0 saturated carbocycles. The minimum atomic E-state index is -0.152. The third-order valence-corrected chi connectivity index (χ3v) is 6.00. The summed E-state index contributed by atoms with van der Waals surface area (Å²) in [7, 11) is 0.155. The Bertz CT molecular complexity index is 710. The summed E-state index contributed by atoms with van der Waals surface area (Å²) < 4.78 is 16.4. The molecule has 0 aliphatic carbocycles. The van der Waals surface area contributed by atoms with Crippen molar-refractivity contribution >= 4 is 37.1 Å². The zero-order chi connectivity index (χ0) is 18.1. The number of para-hydroxylation sites is 1. The van der Waals surface area contributed by atoms with Gasteiger partial charge in [0.05, 0.1) is 17.1 Å². The van der Waals surface area contributed by atoms with Crippen LogP contribution in [0.25, 0.3) is 10.9 Å². The van der Waals surface area contributed by atoms with Gasteiger partial charge in [-0.3, -0.25) is 9.36 Å². The maximum absolute atomic E-state index is 11.5. The topological polar surface area (TPSA) is 56.3 Å². The Balaban J connectivity index is 1.82. The summed E-state index contributed by atoms with van der Waals surface area (Å²) in [5, 5.41) is 2.07. The summed E-state index contributed by atoms with van der Waals surface area (Å²) in [4.78, 5) is 16.1. The molecule has 134 valence electrons. The van der Waals surface area contributed by atoms with Crippen molar-refractivity contribution in [3.05, 3.63) is 36.4 Å². The highest BCUT2D eigenvalue weighted by Crippen LogP contribution is 2.28. The maximum Gasteiger partial charge on any atom is 0.305 e. The zero-order valence-electron chi connectivity index (χ0n) is 14.7. The van der Waals surface area contributed by atoms with Crippen LogP contribution in [0.1, 0.15) is 33.1 Å². The van der Waals surface area contributed by atoms with Gasteiger partial charge in [0.25, 0.3) is 0 Å². The van der Waals surface area contributed by atoms with E-state index >= 15 is 0 Å². The van der Waals surface area contributed by atoms with Crippen molar-refractivity contribution in [1.29, 1.82) is 0 Å². The number of hydrogen-bond acceptors (Lipinski definition) is 5. The third kappa shape index (κ3) is 6.75. The fourth-order valence-electron chi connectivity index (χ4n) is 2.63. The van der Waals surface area contributed by atoms with Crippen molar-refractivity contribution in [2.75, 3.05) is 12.4 Å². The van der Waals surface area contributed by atoms with E-state index in [0.717, 1.165) is 34.5 Å². The maximum atomic E-state index is 11.5. The van der Waals surface area contributed by atoms with Gasteiger partial charge >= 0.3 is 5.97 Å². The average molecular weight is 377 g/mol. The van der Waals surface area contributed by atoms with E-state index in [1.54, 1.807) is 11.8 Å². The van der Waals surface area contributed by atoms with Crippen LogP contribution < -0.4 is 0 Å². The second-order valence-electron chi connectivity index (χ2n) is 6.10. The molecular formula is C19H24NO3PS. The number of nitrogens with zero attached hydrogens (tertiary/aromatic N) is 1. The second-order valence-corrected chi connectivity index (χ2v) is 8.08. The molecule has 0 aliphatic heterocycles. The van der Waals surface area contributed by atoms with E-state index in [9.17, 15) is 9.36 Å². The van der Waals surface area contributed by atoms with Gasteiger partial charge in [0, 0.05) is 23.2 Å². The first-order valence-electron chi connectivity index (χ1n) is 8.59. The molecule has 0 N–H and O–H groups in total. The van der Waals surface area contributed by atoms with E-state index in [-0.39, 0.29) is 20.1 Å². The van der Waals surface area contributed by atoms with E-state index in [2.05, 4.69) is 18.0 Å². The molecule has 1 heterocycles. The summed E-state index contributed by atoms with van der Waals surface area (Å²) in [6.07, 6.45) is 2.02. The standard InChI is InChI=1S/C19H24NO3PS/c1-3-23-19(21)11-8-14(2)12-16(24-22)13-25-18-10-9-15-6-4-5-7-17(15)20-18/h4-7,9-10,14,16H,3,8,11-13H2,1-2H3. The Kier molecular flexibility index (Phi) is 8.36. The highest BCUT2D eigenvalue weighted by atomic mass is 32.2. The highest BCUT2D eigenvalue weighted by Gasteiger charge is 2.16. The van der Waals surface area contributed by atoms with Crippen LogP contribution in [0.15, 0.2) is 41.4 Å². The Labute approximate surface area is 155 Å². The van der Waals surface area contributed by atoms with Gasteiger partial charge in [0.15, 0.2) is 8.46 Å². The molecule has 0 bridgehead atoms. The Morgan fingerprint density at radius 3 is 2.84 bits per heavy atom. The van der Waals surface area contributed by atoms with Crippen molar-refractivity contribution in [2.24, 2.45) is 5.92 Å². The van der Waals surface area contributed by atoms with Gasteiger partial charge in [-0.15, -0.1) is 11.8 Å². The first-order valence-corrected chi connectivity index (χ1v) is 10.5. The minimum Gasteiger partial charge on any atom is -0.466 e. The molecule has 0 fully saturated rings. The van der Waals surface area contributed by atoms with Crippen molar-refractivity contribution < 1.29 is 14.1 Å². The number of hydrogen-bond donors (Lipinski definition) is 0. The molecule has 6 heteroatoms. The number of carbonyl (C=O) groups is 1. The monoisotopic (exact) mass is 377 g/mol. The fraction of sp³-hybridized carbons (Fsp3) is 0.474. The van der Waals surface area contributed by atoms with Gasteiger partial charge in [-0.05, 0) is 37.8 Å². The lowest BCUT2D eigenvalue weighted by Gasteiger charge is -2.15. The van der Waals surface area contributed by atoms with Gasteiger partial charge < -0.3 is 4.74 Å². The number of aromatic nitrogens is 1. The molecule has 25 heavy (non-hydrogen) atoms. The number of rotatable bonds is 10. The van der Waals surface area contributed by atoms with Crippen LogP contribution in [-0.2, 0) is 14.1 Å². The predicted octanol–water partition coefficient (Wildman–Crippen LogP) is 5.36. The molecule has 1 aromatic heterocycles. The van der Waals surface area contributed by atoms with Crippen LogP contribution in [0.3, 0.4) is 0 Å². The molecule has 0 spiro atoms. The molecule has 0 amide bonds. The van der Waals surface area contributed by atoms with Crippen molar-refractivity contribution in [2.45, 2.75) is 43.8 Å². The smallest absolute Gasteiger partial charge is 0.305 e. The van der Waals surface area contributed by atoms with E-state index in [4.69, 9.17) is 4.74 Å². The third-order valence-electron chi connectivity index (χ3n) is 3.97. The second kappa shape index (κ2) is 10.5. The van der Waals surface area contributed by atoms with Crippen LogP contribution in [-0.4, -0.2) is 29.0 Å². The van der Waals surface area contributed by atoms with Gasteiger partial charge in [-0.2, -0.15) is 0 Å². The van der Waals surface area contributed by atoms with Crippen LogP contribution in [0.2, 0.25) is 0 Å². The van der Waals surface area contributed by atoms with Crippen LogP contribution >= 0.6 is 20.2 Å². The quantitative estimate of drug-likeness (QED) is 0.317. The molecule has 2 unspecified atom stereocenters. The number of carbonyl (C=O) groups excluding carboxylic acids is 1. The predicted molar refractivity (Wildman–Crippen MR) is 104 cm³/mol. The Hall–Kier alpha value is -1.45. The molecule has 2 rings (SSSR count). The summed E-state index contributed by atoms with van der Waals surface area (Å²) in [6.45, 7) is 4.33. The van der Waals surface area contributed by atoms with E-state index in [0.29, 0.717) is 18.9 Å². The molecule has 0 radical (unpaired) electrons. The summed E-state index contributed by atoms with van der Waals surface area (Å²) >= 11 is 1.63. The number of fused-ring (bicyclic) bond motifs is 1. The van der Waals surface area contributed by atoms with Gasteiger partial charge in [0.1, 0.15) is 0 Å². The fourth-order valence-corrected chi connectivity index (χ4v) is 4.37. The van der Waals surface area contributed by atoms with Crippen molar-refractivity contribution in [1.82, 2.24) is 4.98 Å². The van der Waals surface area contributed by atoms with Gasteiger partial charge in [-0.25, -0.2) is 4.98 Å². The highest BCUT2D eigenvalue weighted by molar-refractivity contribution is 7.99. The molecular weight excluding hydrogens is 353 g/mol. The molecule has 0 aliphatic rings. The van der Waals surface area contributed by atoms with Gasteiger partial charge in [0.2, 0.25) is 0 Å². The lowest BCUT2D eigenvalue weighted by molar-refractivity contribution is -0.143. The largest absolute Gasteiger partial charge is 0.466 e. The average Bonchev–Trinajstić information content (AvgIpc) is 2.63. The number of benzene rings is 1. The summed E-state index contributed by atoms with van der Waals surface area (Å²) in [6, 6.07) is 12.1. The molecule has 2 aromatic rings. The SMILES string of the molecule is CCOC(=O)CCC(C)CC(CSc1ccc2ccccc2n1)P=O. The lowest BCUT2D eigenvalue weighted by Crippen LogP contribution is -2.12. The summed E-state index contributed by atoms with van der Waals surface area (Å²) in [5.41, 5.74) is 1.04. The lowest BCUT2D eigenvalue weighted by atomic mass is 10.0. The number of esters is 1. The van der Waals surface area contributed by atoms with Gasteiger partial charge in [-0.1, -0.05) is 31.2 Å². The zero-order valence-corrected chi connectivity index (χ0v) is 16.4. The molecule has 4 nitrogen and oxygen atoms in total. The van der Waals surface area contributed by atoms with E-state index < -0.39 is 0 Å². The molecule has 2 atom stereocenters. The molecule has 0 saturated heterocycles. The number of thioether (sulfide) groups is 1. The van der Waals surface area contributed by atoms with Crippen molar-refractivity contribution in [3.63, 3.8) is 0 Å². The summed E-state index contributed by atoms with van der Waals surface area (Å²) in [5.74, 6) is 0.932. The van der Waals surface area contributed by atoms with E-state index in [1.165, 1.54) is 0 Å². The first kappa shape index (κ1) is 19.9. The van der Waals surface area contributed by atoms with Crippen LogP contribution in [0.4, 0.5) is 0 Å². The van der Waals surface area contributed by atoms with Crippen molar-refractivity contribution in [3.8, 4) is 0 Å². The minimum absolute atomic E-state index is 0.0652. The van der Waals surface area contributed by atoms with Crippen LogP contribution in [0, 0.1) is 5.92 Å². The Morgan fingerprint density at radius 1 is 1.28 bits per heavy atom. The number of ether oxygens (including phenoxy) is 1.